The van der Waals surface area contributed by atoms with Gasteiger partial charge in [0.1, 0.15) is 0 Å². The first kappa shape index (κ1) is 17.1. The maximum atomic E-state index is 12.4. The molecule has 0 saturated heterocycles. The smallest absolute Gasteiger partial charge is 0.258 e. The van der Waals surface area contributed by atoms with Crippen LogP contribution in [0.15, 0.2) is 60.7 Å². The Hall–Kier alpha value is -1.70. The summed E-state index contributed by atoms with van der Waals surface area (Å²) in [5, 5.41) is 8.49. The third-order valence-corrected chi connectivity index (χ3v) is 4.64. The van der Waals surface area contributed by atoms with E-state index in [9.17, 15) is 4.79 Å². The Morgan fingerprint density at radius 2 is 1.79 bits per heavy atom. The molecular formula is C18H12ClIN2OS. The normalized spacial score (nSPS) is 10.4. The number of thiocarbonyl (C=S) groups is 1. The summed E-state index contributed by atoms with van der Waals surface area (Å²) in [6, 6.07) is 19.1. The van der Waals surface area contributed by atoms with Crippen LogP contribution in [0.5, 0.6) is 0 Å². The van der Waals surface area contributed by atoms with Crippen LogP contribution in [0.2, 0.25) is 5.02 Å². The maximum absolute atomic E-state index is 12.4. The Labute approximate surface area is 163 Å². The van der Waals surface area contributed by atoms with Gasteiger partial charge in [0.05, 0.1) is 10.6 Å². The van der Waals surface area contributed by atoms with E-state index in [-0.39, 0.29) is 11.0 Å². The first-order valence-corrected chi connectivity index (χ1v) is 8.96. The minimum Gasteiger partial charge on any atom is -0.332 e. The average molecular weight is 467 g/mol. The Bertz CT molecular complexity index is 940. The summed E-state index contributed by atoms with van der Waals surface area (Å²) < 4.78 is 0.926. The number of halogens is 2. The van der Waals surface area contributed by atoms with Crippen LogP contribution in [0.3, 0.4) is 0 Å². The molecule has 0 aliphatic heterocycles. The van der Waals surface area contributed by atoms with Crippen molar-refractivity contribution in [3.8, 4) is 0 Å². The number of hydrogen-bond acceptors (Lipinski definition) is 2. The molecule has 0 fully saturated rings. The van der Waals surface area contributed by atoms with Gasteiger partial charge in [-0.1, -0.05) is 48.0 Å². The number of amides is 1. The van der Waals surface area contributed by atoms with Crippen molar-refractivity contribution >= 4 is 73.9 Å². The van der Waals surface area contributed by atoms with E-state index in [2.05, 4.69) is 33.2 Å². The van der Waals surface area contributed by atoms with Gasteiger partial charge < -0.3 is 5.32 Å². The van der Waals surface area contributed by atoms with Crippen LogP contribution in [0, 0.1) is 3.57 Å². The number of nitrogens with one attached hydrogen (secondary N) is 2. The lowest BCUT2D eigenvalue weighted by atomic mass is 10.1. The van der Waals surface area contributed by atoms with E-state index in [0.29, 0.717) is 10.6 Å². The fourth-order valence-corrected chi connectivity index (χ4v) is 3.23. The second-order valence-electron chi connectivity index (χ2n) is 5.06. The van der Waals surface area contributed by atoms with Crippen molar-refractivity contribution in [3.63, 3.8) is 0 Å². The molecule has 0 aliphatic carbocycles. The fraction of sp³-hybridized carbons (Fsp3) is 0. The van der Waals surface area contributed by atoms with Gasteiger partial charge in [-0.3, -0.25) is 10.1 Å². The number of benzene rings is 3. The monoisotopic (exact) mass is 466 g/mol. The largest absolute Gasteiger partial charge is 0.332 e. The highest BCUT2D eigenvalue weighted by atomic mass is 127. The lowest BCUT2D eigenvalue weighted by Crippen LogP contribution is -2.34. The predicted molar refractivity (Wildman–Crippen MR) is 112 cm³/mol. The summed E-state index contributed by atoms with van der Waals surface area (Å²) in [6.07, 6.45) is 0. The lowest BCUT2D eigenvalue weighted by Gasteiger charge is -2.12. The van der Waals surface area contributed by atoms with Crippen molar-refractivity contribution in [2.75, 3.05) is 5.32 Å². The third kappa shape index (κ3) is 3.85. The van der Waals surface area contributed by atoms with Crippen LogP contribution in [0.1, 0.15) is 10.4 Å². The molecule has 3 nitrogen and oxygen atoms in total. The molecule has 120 valence electrons. The Kier molecular flexibility index (Phi) is 5.33. The second-order valence-corrected chi connectivity index (χ2v) is 7.12. The SMILES string of the molecule is O=C(NC(=S)Nc1cccc2ccccc12)c1cc(I)ccc1Cl. The molecule has 0 bridgehead atoms. The van der Waals surface area contributed by atoms with E-state index in [1.165, 1.54) is 0 Å². The minimum atomic E-state index is -0.337. The summed E-state index contributed by atoms with van der Waals surface area (Å²) in [7, 11) is 0. The van der Waals surface area contributed by atoms with Crippen molar-refractivity contribution in [3.05, 3.63) is 74.8 Å². The molecule has 0 unspecified atom stereocenters. The van der Waals surface area contributed by atoms with E-state index in [1.807, 2.05) is 48.5 Å². The summed E-state index contributed by atoms with van der Waals surface area (Å²) in [6.45, 7) is 0. The molecular weight excluding hydrogens is 455 g/mol. The first-order chi connectivity index (χ1) is 11.5. The van der Waals surface area contributed by atoms with Gasteiger partial charge in [0.25, 0.3) is 5.91 Å². The van der Waals surface area contributed by atoms with Crippen molar-refractivity contribution in [2.45, 2.75) is 0 Å². The zero-order chi connectivity index (χ0) is 17.1. The van der Waals surface area contributed by atoms with Gasteiger partial charge in [-0.25, -0.2) is 0 Å². The van der Waals surface area contributed by atoms with Gasteiger partial charge in [-0.15, -0.1) is 0 Å². The molecule has 3 aromatic rings. The van der Waals surface area contributed by atoms with Crippen molar-refractivity contribution in [1.82, 2.24) is 5.32 Å². The second kappa shape index (κ2) is 7.46. The lowest BCUT2D eigenvalue weighted by molar-refractivity contribution is 0.0978. The topological polar surface area (TPSA) is 41.1 Å². The standard InChI is InChI=1S/C18H12ClIN2OS/c19-15-9-8-12(20)10-14(15)17(23)22-18(24)21-16-7-3-5-11-4-1-2-6-13(11)16/h1-10H,(H2,21,22,23,24). The molecule has 0 saturated carbocycles. The average Bonchev–Trinajstić information content (AvgIpc) is 2.57. The van der Waals surface area contributed by atoms with E-state index in [0.717, 1.165) is 20.0 Å². The molecule has 0 spiro atoms. The van der Waals surface area contributed by atoms with E-state index in [4.69, 9.17) is 23.8 Å². The highest BCUT2D eigenvalue weighted by Gasteiger charge is 2.13. The van der Waals surface area contributed by atoms with Gasteiger partial charge in [0.2, 0.25) is 0 Å². The third-order valence-electron chi connectivity index (χ3n) is 3.44. The Balaban J connectivity index is 1.78. The molecule has 0 heterocycles. The Morgan fingerprint density at radius 3 is 2.62 bits per heavy atom. The summed E-state index contributed by atoms with van der Waals surface area (Å²) >= 11 is 13.5. The first-order valence-electron chi connectivity index (χ1n) is 7.10. The molecule has 0 aliphatic rings. The highest BCUT2D eigenvalue weighted by Crippen LogP contribution is 2.23. The van der Waals surface area contributed by atoms with Crippen molar-refractivity contribution < 1.29 is 4.79 Å². The van der Waals surface area contributed by atoms with E-state index >= 15 is 0 Å². The molecule has 1 amide bonds. The number of anilines is 1. The van der Waals surface area contributed by atoms with Gasteiger partial charge in [-0.05, 0) is 64.5 Å². The quantitative estimate of drug-likeness (QED) is 0.402. The van der Waals surface area contributed by atoms with Crippen LogP contribution in [-0.2, 0) is 0 Å². The Morgan fingerprint density at radius 1 is 1.04 bits per heavy atom. The van der Waals surface area contributed by atoms with Gasteiger partial charge >= 0.3 is 0 Å². The number of fused-ring (bicyclic) bond motifs is 1. The zero-order valence-electron chi connectivity index (χ0n) is 12.3. The van der Waals surface area contributed by atoms with Crippen molar-refractivity contribution in [1.29, 1.82) is 0 Å². The summed E-state index contributed by atoms with van der Waals surface area (Å²) in [5.74, 6) is -0.337. The van der Waals surface area contributed by atoms with Gasteiger partial charge in [0.15, 0.2) is 5.11 Å². The molecule has 0 atom stereocenters. The fourth-order valence-electron chi connectivity index (χ4n) is 2.33. The molecule has 3 rings (SSSR count). The van der Waals surface area contributed by atoms with Crippen molar-refractivity contribution in [2.24, 2.45) is 0 Å². The molecule has 0 aromatic heterocycles. The van der Waals surface area contributed by atoms with Gasteiger partial charge in [0, 0.05) is 14.6 Å². The summed E-state index contributed by atoms with van der Waals surface area (Å²) in [4.78, 5) is 12.4. The van der Waals surface area contributed by atoms with Crippen LogP contribution >= 0.6 is 46.4 Å². The number of carbonyl (C=O) groups is 1. The number of carbonyl (C=O) groups excluding carboxylic acids is 1. The molecule has 0 radical (unpaired) electrons. The molecule has 6 heteroatoms. The van der Waals surface area contributed by atoms with E-state index < -0.39 is 0 Å². The number of rotatable bonds is 2. The van der Waals surface area contributed by atoms with Crippen LogP contribution in [-0.4, -0.2) is 11.0 Å². The number of hydrogen-bond donors (Lipinski definition) is 2. The van der Waals surface area contributed by atoms with Crippen LogP contribution in [0.4, 0.5) is 5.69 Å². The summed E-state index contributed by atoms with van der Waals surface area (Å²) in [5.41, 5.74) is 1.23. The predicted octanol–water partition coefficient (Wildman–Crippen LogP) is 5.22. The van der Waals surface area contributed by atoms with E-state index in [1.54, 1.807) is 12.1 Å². The molecule has 3 aromatic carbocycles. The maximum Gasteiger partial charge on any atom is 0.258 e. The zero-order valence-corrected chi connectivity index (χ0v) is 16.1. The van der Waals surface area contributed by atoms with Gasteiger partial charge in [-0.2, -0.15) is 0 Å². The molecule has 24 heavy (non-hydrogen) atoms. The highest BCUT2D eigenvalue weighted by molar-refractivity contribution is 14.1. The minimum absolute atomic E-state index is 0.228. The van der Waals surface area contributed by atoms with Crippen LogP contribution in [0.25, 0.3) is 10.8 Å². The van der Waals surface area contributed by atoms with Crippen LogP contribution < -0.4 is 10.6 Å². The molecule has 2 N–H and O–H groups in total.